The van der Waals surface area contributed by atoms with E-state index in [1.165, 1.54) is 6.08 Å². The topological polar surface area (TPSA) is 37.3 Å². The molecular formula is C6H8AgKO2. The van der Waals surface area contributed by atoms with E-state index in [1.54, 1.807) is 12.2 Å². The number of allylic oxidation sites excluding steroid dienone is 3. The molecule has 56 valence electrons. The minimum atomic E-state index is -0.914. The Bertz CT molecular complexity index is 132. The molecule has 2 nitrogen and oxygen atoms in total. The predicted octanol–water partition coefficient (Wildman–Crippen LogP) is 0.820. The van der Waals surface area contributed by atoms with Crippen LogP contribution in [0.15, 0.2) is 24.3 Å². The third-order valence-corrected chi connectivity index (χ3v) is 0.542. The minimum absolute atomic E-state index is 0. The van der Waals surface area contributed by atoms with Crippen LogP contribution < -0.4 is 0 Å². The summed E-state index contributed by atoms with van der Waals surface area (Å²) in [6.45, 7) is 1.83. The van der Waals surface area contributed by atoms with E-state index in [4.69, 9.17) is 5.11 Å². The minimum Gasteiger partial charge on any atom is -0.478 e. The van der Waals surface area contributed by atoms with Crippen molar-refractivity contribution >= 4 is 57.4 Å². The van der Waals surface area contributed by atoms with Gasteiger partial charge in [-0.15, -0.1) is 0 Å². The van der Waals surface area contributed by atoms with E-state index in [0.29, 0.717) is 0 Å². The van der Waals surface area contributed by atoms with E-state index < -0.39 is 5.97 Å². The van der Waals surface area contributed by atoms with E-state index in [2.05, 4.69) is 0 Å². The summed E-state index contributed by atoms with van der Waals surface area (Å²) in [6.07, 6.45) is 5.98. The standard InChI is InChI=1S/C6H8O2.Ag.K/c1-2-3-4-5-6(7)8;;/h2-5H,1H3,(H,7,8);;/b3-2+,5-4+;;. The van der Waals surface area contributed by atoms with Crippen molar-refractivity contribution < 1.29 is 32.3 Å². The third-order valence-electron chi connectivity index (χ3n) is 0.542. The van der Waals surface area contributed by atoms with Gasteiger partial charge in [-0.2, -0.15) is 0 Å². The second-order valence-corrected chi connectivity index (χ2v) is 1.22. The first-order valence-electron chi connectivity index (χ1n) is 2.29. The molecule has 0 bridgehead atoms. The monoisotopic (exact) mass is 258 g/mol. The van der Waals surface area contributed by atoms with Gasteiger partial charge in [0.2, 0.25) is 0 Å². The average molecular weight is 259 g/mol. The Morgan fingerprint density at radius 1 is 1.40 bits per heavy atom. The van der Waals surface area contributed by atoms with Crippen LogP contribution >= 0.6 is 0 Å². The maximum atomic E-state index is 9.75. The van der Waals surface area contributed by atoms with Crippen molar-refractivity contribution in [1.29, 1.82) is 0 Å². The fourth-order valence-electron chi connectivity index (χ4n) is 0.249. The Balaban J connectivity index is -0.000000245. The van der Waals surface area contributed by atoms with Gasteiger partial charge in [0.1, 0.15) is 0 Å². The van der Waals surface area contributed by atoms with Gasteiger partial charge in [-0.3, -0.25) is 0 Å². The molecule has 0 spiro atoms. The van der Waals surface area contributed by atoms with Crippen molar-refractivity contribution in [2.75, 3.05) is 0 Å². The molecule has 0 saturated heterocycles. The first-order valence-corrected chi connectivity index (χ1v) is 2.29. The summed E-state index contributed by atoms with van der Waals surface area (Å²) in [5.74, 6) is -0.914. The molecule has 0 rings (SSSR count). The van der Waals surface area contributed by atoms with Crippen LogP contribution in [0, 0.1) is 0 Å². The number of rotatable bonds is 2. The summed E-state index contributed by atoms with van der Waals surface area (Å²) in [5.41, 5.74) is 0. The van der Waals surface area contributed by atoms with Crippen LogP contribution in [0.4, 0.5) is 0 Å². The maximum Gasteiger partial charge on any atom is 0.328 e. The average Bonchev–Trinajstić information content (AvgIpc) is 1.66. The van der Waals surface area contributed by atoms with Gasteiger partial charge in [-0.1, -0.05) is 18.2 Å². The predicted molar refractivity (Wildman–Crippen MR) is 37.3 cm³/mol. The van der Waals surface area contributed by atoms with Crippen molar-refractivity contribution in [2.45, 2.75) is 6.92 Å². The normalized spacial score (nSPS) is 8.90. The Morgan fingerprint density at radius 2 is 1.90 bits per heavy atom. The molecule has 0 atom stereocenters. The van der Waals surface area contributed by atoms with Crippen molar-refractivity contribution in [2.24, 2.45) is 0 Å². The third kappa shape index (κ3) is 16.2. The smallest absolute Gasteiger partial charge is 0.328 e. The molecule has 2 radical (unpaired) electrons. The van der Waals surface area contributed by atoms with Crippen LogP contribution in [0.2, 0.25) is 0 Å². The summed E-state index contributed by atoms with van der Waals surface area (Å²) in [4.78, 5) is 9.75. The molecule has 0 aromatic carbocycles. The summed E-state index contributed by atoms with van der Waals surface area (Å²) < 4.78 is 0. The van der Waals surface area contributed by atoms with Gasteiger partial charge in [0.25, 0.3) is 0 Å². The molecule has 10 heavy (non-hydrogen) atoms. The number of hydrogen-bond donors (Lipinski definition) is 1. The maximum absolute atomic E-state index is 9.75. The quantitative estimate of drug-likeness (QED) is 0.453. The molecule has 0 heterocycles. The van der Waals surface area contributed by atoms with Crippen molar-refractivity contribution in [1.82, 2.24) is 0 Å². The van der Waals surface area contributed by atoms with Gasteiger partial charge in [-0.25, -0.2) is 4.79 Å². The molecule has 0 aliphatic heterocycles. The van der Waals surface area contributed by atoms with Crippen molar-refractivity contribution in [3.05, 3.63) is 24.3 Å². The first-order chi connectivity index (χ1) is 3.77. The molecule has 1 N–H and O–H groups in total. The van der Waals surface area contributed by atoms with Gasteiger partial charge < -0.3 is 5.11 Å². The Morgan fingerprint density at radius 3 is 2.20 bits per heavy atom. The SMILES string of the molecule is C/C=C/C=C/C(=O)O.[Ag].[K]. The molecule has 0 aromatic heterocycles. The largest absolute Gasteiger partial charge is 0.478 e. The zero-order chi connectivity index (χ0) is 6.41. The van der Waals surface area contributed by atoms with E-state index in [9.17, 15) is 4.79 Å². The number of carboxylic acids is 1. The summed E-state index contributed by atoms with van der Waals surface area (Å²) in [6, 6.07) is 0. The second-order valence-electron chi connectivity index (χ2n) is 1.22. The molecule has 4 heteroatoms. The van der Waals surface area contributed by atoms with Crippen molar-refractivity contribution in [3.8, 4) is 0 Å². The van der Waals surface area contributed by atoms with Gasteiger partial charge in [-0.05, 0) is 6.92 Å². The number of hydrogen-bond acceptors (Lipinski definition) is 1. The van der Waals surface area contributed by atoms with Gasteiger partial charge in [0.15, 0.2) is 0 Å². The molecule has 0 aliphatic carbocycles. The molecule has 0 amide bonds. The number of carboxylic acid groups (broad SMARTS) is 1. The van der Waals surface area contributed by atoms with Crippen LogP contribution in [-0.4, -0.2) is 62.5 Å². The fourth-order valence-corrected chi connectivity index (χ4v) is 0.249. The van der Waals surface area contributed by atoms with Crippen LogP contribution in [0.25, 0.3) is 0 Å². The van der Waals surface area contributed by atoms with Gasteiger partial charge in [0.05, 0.1) is 0 Å². The summed E-state index contributed by atoms with van der Waals surface area (Å²) in [7, 11) is 0. The van der Waals surface area contributed by atoms with E-state index >= 15 is 0 Å². The Labute approximate surface area is 119 Å². The first kappa shape index (κ1) is 17.4. The van der Waals surface area contributed by atoms with Crippen LogP contribution in [0.3, 0.4) is 0 Å². The zero-order valence-corrected chi connectivity index (χ0v) is 10.6. The molecule has 0 unspecified atom stereocenters. The van der Waals surface area contributed by atoms with E-state index in [-0.39, 0.29) is 73.8 Å². The van der Waals surface area contributed by atoms with Crippen LogP contribution in [-0.2, 0) is 27.2 Å². The van der Waals surface area contributed by atoms with Crippen LogP contribution in [0.5, 0.6) is 0 Å². The van der Waals surface area contributed by atoms with E-state index in [0.717, 1.165) is 6.08 Å². The Kier molecular flexibility index (Phi) is 22.6. The second kappa shape index (κ2) is 13.0. The molecular weight excluding hydrogens is 251 g/mol. The fraction of sp³-hybridized carbons (Fsp3) is 0.167. The van der Waals surface area contributed by atoms with Crippen LogP contribution in [0.1, 0.15) is 6.92 Å². The molecule has 0 saturated carbocycles. The molecule has 0 aliphatic rings. The number of carbonyl (C=O) groups is 1. The molecule has 0 aromatic rings. The van der Waals surface area contributed by atoms with E-state index in [1.807, 2.05) is 6.92 Å². The van der Waals surface area contributed by atoms with Gasteiger partial charge in [0, 0.05) is 79.8 Å². The van der Waals surface area contributed by atoms with Crippen molar-refractivity contribution in [3.63, 3.8) is 0 Å². The number of aliphatic carboxylic acids is 1. The summed E-state index contributed by atoms with van der Waals surface area (Å²) in [5, 5.41) is 8.02. The Hall–Kier alpha value is 1.33. The molecule has 0 fully saturated rings. The van der Waals surface area contributed by atoms with Gasteiger partial charge >= 0.3 is 5.97 Å². The summed E-state index contributed by atoms with van der Waals surface area (Å²) >= 11 is 0. The zero-order valence-electron chi connectivity index (χ0n) is 5.97.